The normalized spacial score (nSPS) is 20.6. The molecule has 0 bridgehead atoms. The van der Waals surface area contributed by atoms with Crippen LogP contribution in [0.1, 0.15) is 30.5 Å². The summed E-state index contributed by atoms with van der Waals surface area (Å²) in [6.07, 6.45) is 0. The number of thioether (sulfide) groups is 1. The molecule has 5 nitrogen and oxygen atoms in total. The van der Waals surface area contributed by atoms with Gasteiger partial charge in [0.15, 0.2) is 4.87 Å². The topological polar surface area (TPSA) is 52.7 Å². The lowest BCUT2D eigenvalue weighted by atomic mass is 10.1. The number of carbonyl (C=O) groups is 2. The number of anilines is 2. The number of fused-ring (bicyclic) bond motifs is 2. The van der Waals surface area contributed by atoms with Crippen molar-refractivity contribution in [2.45, 2.75) is 36.9 Å². The molecule has 0 aromatic heterocycles. The third-order valence-electron chi connectivity index (χ3n) is 6.37. The molecule has 1 N–H and O–H groups in total. The summed E-state index contributed by atoms with van der Waals surface area (Å²) >= 11 is 7.55. The predicted molar refractivity (Wildman–Crippen MR) is 139 cm³/mol. The van der Waals surface area contributed by atoms with Crippen molar-refractivity contribution in [2.75, 3.05) is 16.8 Å². The Morgan fingerprint density at radius 3 is 2.44 bits per heavy atom. The van der Waals surface area contributed by atoms with Gasteiger partial charge in [0.2, 0.25) is 0 Å². The van der Waals surface area contributed by atoms with Gasteiger partial charge in [-0.3, -0.25) is 9.69 Å². The molecule has 0 aliphatic carbocycles. The maximum absolute atomic E-state index is 14.3. The molecular weight excluding hydrogens is 466 g/mol. The first-order valence-corrected chi connectivity index (χ1v) is 12.4. The van der Waals surface area contributed by atoms with E-state index in [1.54, 1.807) is 40.9 Å². The lowest BCUT2D eigenvalue weighted by Crippen LogP contribution is -2.51. The Labute approximate surface area is 209 Å². The highest BCUT2D eigenvalue weighted by atomic mass is 35.5. The third kappa shape index (κ3) is 3.75. The van der Waals surface area contributed by atoms with Gasteiger partial charge in [-0.2, -0.15) is 0 Å². The lowest BCUT2D eigenvalue weighted by molar-refractivity contribution is -0.123. The van der Waals surface area contributed by atoms with E-state index in [2.05, 4.69) is 32.2 Å². The second-order valence-corrected chi connectivity index (χ2v) is 11.7. The van der Waals surface area contributed by atoms with E-state index in [0.717, 1.165) is 22.4 Å². The predicted octanol–water partition coefficient (Wildman–Crippen LogP) is 6.41. The number of nitrogens with one attached hydrogen (secondary N) is 1. The van der Waals surface area contributed by atoms with Gasteiger partial charge in [0.1, 0.15) is 0 Å². The Balaban J connectivity index is 1.56. The molecule has 5 rings (SSSR count). The Morgan fingerprint density at radius 2 is 1.71 bits per heavy atom. The van der Waals surface area contributed by atoms with Crippen molar-refractivity contribution in [2.24, 2.45) is 0 Å². The molecule has 0 radical (unpaired) electrons. The number of hydrogen-bond acceptors (Lipinski definition) is 3. The van der Waals surface area contributed by atoms with E-state index in [1.165, 1.54) is 0 Å². The fourth-order valence-corrected chi connectivity index (χ4v) is 6.65. The summed E-state index contributed by atoms with van der Waals surface area (Å²) in [5.74, 6) is -0.0845. The number of carbonyl (C=O) groups excluding carboxylic acids is 2. The van der Waals surface area contributed by atoms with E-state index in [0.29, 0.717) is 23.8 Å². The summed E-state index contributed by atoms with van der Waals surface area (Å²) < 4.78 is -0.307. The van der Waals surface area contributed by atoms with E-state index in [4.69, 9.17) is 11.6 Å². The minimum Gasteiger partial charge on any atom is -0.308 e. The van der Waals surface area contributed by atoms with E-state index < -0.39 is 4.87 Å². The largest absolute Gasteiger partial charge is 0.323 e. The Bertz CT molecular complexity index is 1280. The van der Waals surface area contributed by atoms with Gasteiger partial charge in [-0.15, -0.1) is 11.8 Å². The molecule has 34 heavy (non-hydrogen) atoms. The van der Waals surface area contributed by atoms with Crippen molar-refractivity contribution in [3.8, 4) is 0 Å². The molecule has 1 fully saturated rings. The number of hydrogen-bond donors (Lipinski definition) is 1. The first-order chi connectivity index (χ1) is 16.2. The van der Waals surface area contributed by atoms with Crippen LogP contribution in [-0.4, -0.2) is 28.1 Å². The number of nitrogens with zero attached hydrogens (tertiary/aromatic N) is 2. The molecular formula is C27H26ClN3O2S. The van der Waals surface area contributed by atoms with Crippen molar-refractivity contribution < 1.29 is 9.59 Å². The molecule has 1 saturated heterocycles. The van der Waals surface area contributed by atoms with Gasteiger partial charge in [0.05, 0.1) is 12.2 Å². The van der Waals surface area contributed by atoms with Gasteiger partial charge in [-0.25, -0.2) is 4.79 Å². The highest BCUT2D eigenvalue weighted by Crippen LogP contribution is 2.59. The van der Waals surface area contributed by atoms with Gasteiger partial charge in [0.25, 0.3) is 5.91 Å². The number of para-hydroxylation sites is 1. The minimum absolute atomic E-state index is 0.0845. The zero-order chi connectivity index (χ0) is 24.1. The van der Waals surface area contributed by atoms with Gasteiger partial charge in [-0.1, -0.05) is 54.1 Å². The van der Waals surface area contributed by atoms with E-state index >= 15 is 0 Å². The molecule has 3 amide bonds. The zero-order valence-electron chi connectivity index (χ0n) is 19.3. The number of urea groups is 1. The molecule has 1 spiro atoms. The van der Waals surface area contributed by atoms with Crippen LogP contribution in [0.2, 0.25) is 5.02 Å². The van der Waals surface area contributed by atoms with Crippen LogP contribution >= 0.6 is 23.4 Å². The van der Waals surface area contributed by atoms with Crippen LogP contribution < -0.4 is 10.2 Å². The van der Waals surface area contributed by atoms with Crippen molar-refractivity contribution in [1.29, 1.82) is 0 Å². The Morgan fingerprint density at radius 1 is 1.03 bits per heavy atom. The molecule has 3 aromatic rings. The minimum atomic E-state index is -1.13. The summed E-state index contributed by atoms with van der Waals surface area (Å²) in [6.45, 7) is 7.11. The highest BCUT2D eigenvalue weighted by Gasteiger charge is 2.63. The fraction of sp³-hybridized carbons (Fsp3) is 0.259. The average molecular weight is 492 g/mol. The third-order valence-corrected chi connectivity index (χ3v) is 8.21. The van der Waals surface area contributed by atoms with Crippen LogP contribution in [0.3, 0.4) is 0 Å². The standard InChI is InChI=1S/C27H26ClN3O2S/c1-18-8-4-5-9-19(18)16-30-23-11-7-6-10-22(23)27(24(30)32)31(17-26(2,3)34-27)25(33)29-21-14-12-20(28)13-15-21/h4-15H,16-17H2,1-3H3,(H,29,33). The van der Waals surface area contributed by atoms with Crippen LogP contribution in [0.5, 0.6) is 0 Å². The summed E-state index contributed by atoms with van der Waals surface area (Å²) in [4.78, 5) is 30.3. The number of aryl methyl sites for hydroxylation is 1. The second-order valence-electron chi connectivity index (χ2n) is 9.36. The average Bonchev–Trinajstić information content (AvgIpc) is 3.23. The first kappa shape index (κ1) is 22.8. The maximum atomic E-state index is 14.3. The molecule has 0 saturated carbocycles. The maximum Gasteiger partial charge on any atom is 0.323 e. The van der Waals surface area contributed by atoms with Gasteiger partial charge >= 0.3 is 6.03 Å². The Kier molecular flexibility index (Phi) is 5.61. The highest BCUT2D eigenvalue weighted by molar-refractivity contribution is 8.02. The zero-order valence-corrected chi connectivity index (χ0v) is 20.9. The van der Waals surface area contributed by atoms with Crippen molar-refractivity contribution in [1.82, 2.24) is 4.90 Å². The van der Waals surface area contributed by atoms with Crippen molar-refractivity contribution in [3.63, 3.8) is 0 Å². The van der Waals surface area contributed by atoms with Crippen LogP contribution in [0.4, 0.5) is 16.2 Å². The summed E-state index contributed by atoms with van der Waals surface area (Å²) in [7, 11) is 0. The first-order valence-electron chi connectivity index (χ1n) is 11.2. The molecule has 3 aromatic carbocycles. The fourth-order valence-electron chi connectivity index (χ4n) is 4.80. The van der Waals surface area contributed by atoms with E-state index in [-0.39, 0.29) is 16.7 Å². The van der Waals surface area contributed by atoms with Crippen LogP contribution in [0.25, 0.3) is 0 Å². The summed E-state index contributed by atoms with van der Waals surface area (Å²) in [5, 5.41) is 3.57. The number of amides is 3. The number of halogens is 1. The van der Waals surface area contributed by atoms with Crippen LogP contribution in [-0.2, 0) is 16.2 Å². The molecule has 174 valence electrons. The Hall–Kier alpha value is -2.96. The van der Waals surface area contributed by atoms with Crippen molar-refractivity contribution in [3.05, 3.63) is 94.5 Å². The summed E-state index contributed by atoms with van der Waals surface area (Å²) in [5.41, 5.74) is 4.56. The van der Waals surface area contributed by atoms with Gasteiger partial charge < -0.3 is 10.2 Å². The molecule has 2 aliphatic heterocycles. The van der Waals surface area contributed by atoms with E-state index in [9.17, 15) is 9.59 Å². The quantitative estimate of drug-likeness (QED) is 0.460. The molecule has 1 atom stereocenters. The van der Waals surface area contributed by atoms with Crippen LogP contribution in [0, 0.1) is 6.92 Å². The lowest BCUT2D eigenvalue weighted by Gasteiger charge is -2.33. The van der Waals surface area contributed by atoms with Gasteiger partial charge in [-0.05, 0) is 62.2 Å². The number of benzene rings is 3. The molecule has 2 aliphatic rings. The molecule has 7 heteroatoms. The van der Waals surface area contributed by atoms with Crippen LogP contribution in [0.15, 0.2) is 72.8 Å². The monoisotopic (exact) mass is 491 g/mol. The second kappa shape index (κ2) is 8.36. The van der Waals surface area contributed by atoms with Crippen molar-refractivity contribution >= 4 is 46.7 Å². The van der Waals surface area contributed by atoms with E-state index in [1.807, 2.05) is 47.4 Å². The molecule has 1 unspecified atom stereocenters. The van der Waals surface area contributed by atoms with Gasteiger partial charge in [0, 0.05) is 27.6 Å². The SMILES string of the molecule is Cc1ccccc1CN1C(=O)C2(SC(C)(C)CN2C(=O)Nc2ccc(Cl)cc2)c2ccccc21. The summed E-state index contributed by atoms with van der Waals surface area (Å²) in [6, 6.07) is 22.6. The smallest absolute Gasteiger partial charge is 0.308 e. The number of rotatable bonds is 3. The molecule has 2 heterocycles.